The van der Waals surface area contributed by atoms with E-state index >= 15 is 0 Å². The maximum Gasteiger partial charge on any atom is 0.253 e. The first-order chi connectivity index (χ1) is 13.2. The average molecular weight is 364 g/mol. The monoisotopic (exact) mass is 364 g/mol. The zero-order valence-electron chi connectivity index (χ0n) is 15.3. The van der Waals surface area contributed by atoms with Gasteiger partial charge in [0.05, 0.1) is 13.2 Å². The Morgan fingerprint density at radius 1 is 0.963 bits per heavy atom. The van der Waals surface area contributed by atoms with Crippen LogP contribution in [0.2, 0.25) is 0 Å². The minimum absolute atomic E-state index is 0.0128. The van der Waals surface area contributed by atoms with Crippen LogP contribution in [0.3, 0.4) is 0 Å². The van der Waals surface area contributed by atoms with Crippen molar-refractivity contribution in [1.82, 2.24) is 9.80 Å². The molecule has 2 aliphatic rings. The summed E-state index contributed by atoms with van der Waals surface area (Å²) in [5.74, 6) is 0.0445. The molecule has 5 nitrogen and oxygen atoms in total. The Morgan fingerprint density at radius 2 is 1.59 bits per heavy atom. The molecule has 0 saturated carbocycles. The first-order valence-electron chi connectivity index (χ1n) is 9.49. The number of amides is 2. The number of ether oxygens (including phenoxy) is 1. The number of rotatable bonds is 4. The van der Waals surface area contributed by atoms with Gasteiger partial charge in [-0.2, -0.15) is 0 Å². The molecule has 4 rings (SSSR count). The van der Waals surface area contributed by atoms with E-state index in [0.29, 0.717) is 45.7 Å². The highest BCUT2D eigenvalue weighted by Crippen LogP contribution is 2.42. The van der Waals surface area contributed by atoms with Gasteiger partial charge < -0.3 is 14.5 Å². The molecule has 2 aromatic carbocycles. The molecule has 2 saturated heterocycles. The van der Waals surface area contributed by atoms with Gasteiger partial charge in [0.1, 0.15) is 5.54 Å². The molecular formula is C22H24N2O3. The molecule has 0 aromatic heterocycles. The van der Waals surface area contributed by atoms with Crippen molar-refractivity contribution >= 4 is 11.8 Å². The predicted molar refractivity (Wildman–Crippen MR) is 102 cm³/mol. The lowest BCUT2D eigenvalue weighted by molar-refractivity contribution is -0.153. The largest absolute Gasteiger partial charge is 0.378 e. The van der Waals surface area contributed by atoms with E-state index in [9.17, 15) is 9.59 Å². The molecule has 0 spiro atoms. The molecule has 140 valence electrons. The smallest absolute Gasteiger partial charge is 0.253 e. The molecule has 0 aliphatic carbocycles. The molecule has 27 heavy (non-hydrogen) atoms. The first kappa shape index (κ1) is 17.7. The summed E-state index contributed by atoms with van der Waals surface area (Å²) in [6.07, 6.45) is 0.899. The lowest BCUT2D eigenvalue weighted by Crippen LogP contribution is -2.57. The second-order valence-electron chi connectivity index (χ2n) is 7.10. The van der Waals surface area contributed by atoms with Gasteiger partial charge in [-0.25, -0.2) is 0 Å². The summed E-state index contributed by atoms with van der Waals surface area (Å²) in [5.41, 5.74) is 0.983. The number of nitrogens with zero attached hydrogens (tertiary/aromatic N) is 2. The molecule has 0 bridgehead atoms. The summed E-state index contributed by atoms with van der Waals surface area (Å²) in [6, 6.07) is 19.6. The van der Waals surface area contributed by atoms with Gasteiger partial charge >= 0.3 is 0 Å². The van der Waals surface area contributed by atoms with Crippen LogP contribution in [0.5, 0.6) is 0 Å². The van der Waals surface area contributed by atoms with Crippen LogP contribution in [0.15, 0.2) is 60.7 Å². The molecule has 2 heterocycles. The third-order valence-corrected chi connectivity index (χ3v) is 5.55. The van der Waals surface area contributed by atoms with Gasteiger partial charge in [0, 0.05) is 26.1 Å². The number of morpholine rings is 1. The van der Waals surface area contributed by atoms with E-state index in [4.69, 9.17) is 4.74 Å². The Bertz CT molecular complexity index is 803. The quantitative estimate of drug-likeness (QED) is 0.838. The summed E-state index contributed by atoms with van der Waals surface area (Å²) in [5, 5.41) is 0. The Balaban J connectivity index is 1.76. The van der Waals surface area contributed by atoms with Crippen molar-refractivity contribution in [2.45, 2.75) is 24.9 Å². The van der Waals surface area contributed by atoms with Gasteiger partial charge in [-0.3, -0.25) is 9.59 Å². The normalized spacial score (nSPS) is 22.9. The maximum absolute atomic E-state index is 13.7. The second-order valence-corrected chi connectivity index (χ2v) is 7.10. The molecular weight excluding hydrogens is 340 g/mol. The van der Waals surface area contributed by atoms with E-state index in [1.807, 2.05) is 65.6 Å². The van der Waals surface area contributed by atoms with Crippen molar-refractivity contribution in [3.8, 4) is 0 Å². The summed E-state index contributed by atoms with van der Waals surface area (Å²) >= 11 is 0. The Hall–Kier alpha value is -2.66. The number of likely N-dealkylation sites (tertiary alicyclic amines) is 1. The van der Waals surface area contributed by atoms with E-state index in [1.54, 1.807) is 4.90 Å². The molecule has 2 aromatic rings. The number of carbonyl (C=O) groups excluding carboxylic acids is 2. The summed E-state index contributed by atoms with van der Waals surface area (Å²) in [6.45, 7) is 2.67. The number of hydrogen-bond donors (Lipinski definition) is 0. The average Bonchev–Trinajstić information content (AvgIpc) is 3.07. The van der Waals surface area contributed by atoms with Crippen LogP contribution in [0.4, 0.5) is 0 Å². The fraction of sp³-hybridized carbons (Fsp3) is 0.364. The van der Waals surface area contributed by atoms with Crippen LogP contribution in [-0.2, 0) is 26.4 Å². The topological polar surface area (TPSA) is 49.9 Å². The van der Waals surface area contributed by atoms with Crippen molar-refractivity contribution in [2.75, 3.05) is 26.3 Å². The van der Waals surface area contributed by atoms with E-state index < -0.39 is 5.54 Å². The molecule has 0 radical (unpaired) electrons. The van der Waals surface area contributed by atoms with Gasteiger partial charge in [-0.05, 0) is 17.5 Å². The summed E-state index contributed by atoms with van der Waals surface area (Å²) in [7, 11) is 0. The number of hydrogen-bond acceptors (Lipinski definition) is 3. The fourth-order valence-corrected chi connectivity index (χ4v) is 4.15. The Kier molecular flexibility index (Phi) is 4.94. The minimum Gasteiger partial charge on any atom is -0.378 e. The van der Waals surface area contributed by atoms with Gasteiger partial charge in [0.2, 0.25) is 5.91 Å². The van der Waals surface area contributed by atoms with Crippen LogP contribution < -0.4 is 0 Å². The first-order valence-corrected chi connectivity index (χ1v) is 9.49. The van der Waals surface area contributed by atoms with Crippen molar-refractivity contribution in [3.63, 3.8) is 0 Å². The van der Waals surface area contributed by atoms with Gasteiger partial charge in [0.15, 0.2) is 0 Å². The van der Waals surface area contributed by atoms with Crippen LogP contribution in [0, 0.1) is 0 Å². The third-order valence-electron chi connectivity index (χ3n) is 5.55. The van der Waals surface area contributed by atoms with Gasteiger partial charge in [-0.1, -0.05) is 60.7 Å². The molecule has 2 fully saturated rings. The Labute approximate surface area is 159 Å². The molecule has 2 aliphatic heterocycles. The zero-order chi connectivity index (χ0) is 18.7. The van der Waals surface area contributed by atoms with E-state index in [0.717, 1.165) is 11.1 Å². The minimum atomic E-state index is -0.939. The molecule has 1 unspecified atom stereocenters. The molecule has 0 N–H and O–H groups in total. The van der Waals surface area contributed by atoms with Crippen molar-refractivity contribution in [1.29, 1.82) is 0 Å². The number of benzene rings is 2. The molecule has 5 heteroatoms. The lowest BCUT2D eigenvalue weighted by atomic mass is 9.85. The molecule has 1 atom stereocenters. The summed E-state index contributed by atoms with van der Waals surface area (Å²) < 4.78 is 5.42. The Morgan fingerprint density at radius 3 is 2.26 bits per heavy atom. The van der Waals surface area contributed by atoms with Gasteiger partial charge in [0.25, 0.3) is 5.91 Å². The van der Waals surface area contributed by atoms with E-state index in [1.165, 1.54) is 0 Å². The number of carbonyl (C=O) groups is 2. The van der Waals surface area contributed by atoms with Crippen molar-refractivity contribution in [2.24, 2.45) is 0 Å². The lowest BCUT2D eigenvalue weighted by Gasteiger charge is -2.42. The van der Waals surface area contributed by atoms with Crippen molar-refractivity contribution < 1.29 is 14.3 Å². The zero-order valence-corrected chi connectivity index (χ0v) is 15.3. The van der Waals surface area contributed by atoms with Crippen LogP contribution in [0.25, 0.3) is 0 Å². The van der Waals surface area contributed by atoms with E-state index in [-0.39, 0.29) is 11.8 Å². The van der Waals surface area contributed by atoms with Gasteiger partial charge in [-0.15, -0.1) is 0 Å². The van der Waals surface area contributed by atoms with E-state index in [2.05, 4.69) is 0 Å². The third kappa shape index (κ3) is 3.23. The highest BCUT2D eigenvalue weighted by molar-refractivity contribution is 5.95. The second kappa shape index (κ2) is 7.53. The maximum atomic E-state index is 13.7. The predicted octanol–water partition coefficient (Wildman–Crippen LogP) is 2.56. The standard InChI is InChI=1S/C22H24N2O3/c25-20-11-12-22(19-9-5-2-6-10-19,21(26)23-13-15-27-16-14-23)24(20)17-18-7-3-1-4-8-18/h1-10H,11-17H2. The SMILES string of the molecule is O=C1CCC(C(=O)N2CCOCC2)(c2ccccc2)N1Cc1ccccc1. The summed E-state index contributed by atoms with van der Waals surface area (Å²) in [4.78, 5) is 30.3. The highest BCUT2D eigenvalue weighted by atomic mass is 16.5. The van der Waals surface area contributed by atoms with Crippen LogP contribution >= 0.6 is 0 Å². The van der Waals surface area contributed by atoms with Crippen molar-refractivity contribution in [3.05, 3.63) is 71.8 Å². The highest BCUT2D eigenvalue weighted by Gasteiger charge is 2.53. The van der Waals surface area contributed by atoms with Crippen LogP contribution in [-0.4, -0.2) is 47.9 Å². The fourth-order valence-electron chi connectivity index (χ4n) is 4.15. The van der Waals surface area contributed by atoms with Crippen LogP contribution in [0.1, 0.15) is 24.0 Å². The molecule has 2 amide bonds.